The van der Waals surface area contributed by atoms with Crippen LogP contribution in [-0.2, 0) is 11.3 Å². The summed E-state index contributed by atoms with van der Waals surface area (Å²) in [6.45, 7) is 5.24. The minimum atomic E-state index is -0.469. The average molecular weight is 343 g/mol. The minimum Gasteiger partial charge on any atom is -0.372 e. The van der Waals surface area contributed by atoms with Crippen LogP contribution in [-0.4, -0.2) is 33.7 Å². The molecule has 8 nitrogen and oxygen atoms in total. The zero-order chi connectivity index (χ0) is 18.0. The van der Waals surface area contributed by atoms with E-state index in [1.807, 2.05) is 24.3 Å². The molecule has 0 spiro atoms. The van der Waals surface area contributed by atoms with Crippen molar-refractivity contribution in [3.8, 4) is 0 Å². The van der Waals surface area contributed by atoms with Gasteiger partial charge in [-0.15, -0.1) is 0 Å². The third kappa shape index (κ3) is 3.62. The molecule has 1 N–H and O–H groups in total. The molecule has 0 bridgehead atoms. The van der Waals surface area contributed by atoms with Gasteiger partial charge < -0.3 is 10.2 Å². The Bertz CT molecular complexity index is 791. The molecule has 0 saturated carbocycles. The van der Waals surface area contributed by atoms with Gasteiger partial charge in [0.05, 0.1) is 4.92 Å². The Hall–Kier alpha value is -2.90. The molecule has 1 aromatic carbocycles. The number of hydrogen-bond donors (Lipinski definition) is 1. The predicted octanol–water partition coefficient (Wildman–Crippen LogP) is 2.65. The first kappa shape index (κ1) is 16.9. The quantitative estimate of drug-likeness (QED) is 0.665. The van der Waals surface area contributed by atoms with Gasteiger partial charge in [-0.1, -0.05) is 0 Å². The number of hydrogen-bond acceptors (Lipinski definition) is 5. The van der Waals surface area contributed by atoms with Gasteiger partial charge in [0.1, 0.15) is 17.9 Å². The van der Waals surface area contributed by atoms with Crippen LogP contribution in [0.3, 0.4) is 0 Å². The molecule has 2 aromatic rings. The Morgan fingerprint density at radius 2 is 1.88 bits per heavy atom. The van der Waals surface area contributed by atoms with Gasteiger partial charge in [0, 0.05) is 24.5 Å². The van der Waals surface area contributed by atoms with Crippen molar-refractivity contribution in [3.05, 3.63) is 45.8 Å². The Kier molecular flexibility index (Phi) is 4.69. The standard InChI is InChI=1S/C17H21N5O3/c1-12-17(22(24)25)13(2)21(19-12)11-16(23)18-14-5-7-15(8-6-14)20-9-3-4-10-20/h5-8H,3-4,9-11H2,1-2H3,(H,18,23). The van der Waals surface area contributed by atoms with Crippen LogP contribution < -0.4 is 10.2 Å². The van der Waals surface area contributed by atoms with Crippen LogP contribution in [0.1, 0.15) is 24.2 Å². The number of carbonyl (C=O) groups is 1. The maximum atomic E-state index is 12.2. The number of rotatable bonds is 5. The van der Waals surface area contributed by atoms with E-state index in [2.05, 4.69) is 15.3 Å². The molecule has 1 aliphatic rings. The fourth-order valence-electron chi connectivity index (χ4n) is 3.17. The number of nitrogens with zero attached hydrogens (tertiary/aromatic N) is 4. The first-order valence-electron chi connectivity index (χ1n) is 8.29. The minimum absolute atomic E-state index is 0.0391. The number of amides is 1. The van der Waals surface area contributed by atoms with Gasteiger partial charge in [0.15, 0.2) is 0 Å². The van der Waals surface area contributed by atoms with Crippen molar-refractivity contribution in [3.63, 3.8) is 0 Å². The van der Waals surface area contributed by atoms with Gasteiger partial charge in [0.25, 0.3) is 0 Å². The lowest BCUT2D eigenvalue weighted by atomic mass is 10.2. The topological polar surface area (TPSA) is 93.3 Å². The molecule has 25 heavy (non-hydrogen) atoms. The summed E-state index contributed by atoms with van der Waals surface area (Å²) in [6, 6.07) is 7.73. The van der Waals surface area contributed by atoms with Crippen LogP contribution in [0.25, 0.3) is 0 Å². The first-order valence-corrected chi connectivity index (χ1v) is 8.29. The van der Waals surface area contributed by atoms with E-state index >= 15 is 0 Å². The fraction of sp³-hybridized carbons (Fsp3) is 0.412. The third-order valence-corrected chi connectivity index (χ3v) is 4.44. The molecule has 2 heterocycles. The van der Waals surface area contributed by atoms with Gasteiger partial charge in [-0.3, -0.25) is 19.6 Å². The molecule has 0 radical (unpaired) electrons. The zero-order valence-electron chi connectivity index (χ0n) is 14.4. The van der Waals surface area contributed by atoms with Gasteiger partial charge in [-0.05, 0) is 51.0 Å². The molecule has 1 aliphatic heterocycles. The Balaban J connectivity index is 1.64. The molecule has 8 heteroatoms. The molecule has 0 unspecified atom stereocenters. The lowest BCUT2D eigenvalue weighted by molar-refractivity contribution is -0.386. The Morgan fingerprint density at radius 1 is 1.24 bits per heavy atom. The van der Waals surface area contributed by atoms with E-state index in [4.69, 9.17) is 0 Å². The van der Waals surface area contributed by atoms with Crippen molar-refractivity contribution in [2.75, 3.05) is 23.3 Å². The van der Waals surface area contributed by atoms with Crippen molar-refractivity contribution in [1.82, 2.24) is 9.78 Å². The number of carbonyl (C=O) groups excluding carboxylic acids is 1. The Labute approximate surface area is 145 Å². The van der Waals surface area contributed by atoms with E-state index in [-0.39, 0.29) is 18.1 Å². The maximum absolute atomic E-state index is 12.2. The number of anilines is 2. The molecule has 0 aliphatic carbocycles. The first-order chi connectivity index (χ1) is 12.0. The molecule has 0 atom stereocenters. The molecule has 132 valence electrons. The smallest absolute Gasteiger partial charge is 0.312 e. The summed E-state index contributed by atoms with van der Waals surface area (Å²) in [5.41, 5.74) is 2.50. The SMILES string of the molecule is Cc1nn(CC(=O)Nc2ccc(N3CCCC3)cc2)c(C)c1[N+](=O)[O-]. The largest absolute Gasteiger partial charge is 0.372 e. The van der Waals surface area contributed by atoms with Crippen molar-refractivity contribution in [1.29, 1.82) is 0 Å². The highest BCUT2D eigenvalue weighted by molar-refractivity contribution is 5.90. The van der Waals surface area contributed by atoms with Crippen LogP contribution >= 0.6 is 0 Å². The molecule has 1 aromatic heterocycles. The molecule has 1 saturated heterocycles. The van der Waals surface area contributed by atoms with Crippen LogP contribution in [0, 0.1) is 24.0 Å². The summed E-state index contributed by atoms with van der Waals surface area (Å²) < 4.78 is 1.36. The lowest BCUT2D eigenvalue weighted by Crippen LogP contribution is -2.21. The van der Waals surface area contributed by atoms with E-state index in [0.29, 0.717) is 17.1 Å². The van der Waals surface area contributed by atoms with Crippen LogP contribution in [0.4, 0.5) is 17.1 Å². The third-order valence-electron chi connectivity index (χ3n) is 4.44. The molecule has 1 amide bonds. The van der Waals surface area contributed by atoms with Crippen molar-refractivity contribution >= 4 is 23.0 Å². The van der Waals surface area contributed by atoms with Crippen LogP contribution in [0.2, 0.25) is 0 Å². The van der Waals surface area contributed by atoms with E-state index in [1.54, 1.807) is 13.8 Å². The number of nitro groups is 1. The Morgan fingerprint density at radius 3 is 2.44 bits per heavy atom. The second-order valence-corrected chi connectivity index (χ2v) is 6.22. The summed E-state index contributed by atoms with van der Waals surface area (Å²) in [6.07, 6.45) is 2.43. The molecular weight excluding hydrogens is 322 g/mol. The van der Waals surface area contributed by atoms with Gasteiger partial charge >= 0.3 is 5.69 Å². The summed E-state index contributed by atoms with van der Waals surface area (Å²) in [4.78, 5) is 25.1. The summed E-state index contributed by atoms with van der Waals surface area (Å²) in [5, 5.41) is 17.9. The van der Waals surface area contributed by atoms with Crippen molar-refractivity contribution in [2.45, 2.75) is 33.2 Å². The molecule has 3 rings (SSSR count). The highest BCUT2D eigenvalue weighted by Gasteiger charge is 2.22. The highest BCUT2D eigenvalue weighted by Crippen LogP contribution is 2.23. The summed E-state index contributed by atoms with van der Waals surface area (Å²) in [5.74, 6) is -0.269. The second-order valence-electron chi connectivity index (χ2n) is 6.22. The maximum Gasteiger partial charge on any atom is 0.312 e. The number of nitrogens with one attached hydrogen (secondary N) is 1. The van der Waals surface area contributed by atoms with Gasteiger partial charge in [-0.2, -0.15) is 5.10 Å². The van der Waals surface area contributed by atoms with Crippen molar-refractivity contribution < 1.29 is 9.72 Å². The van der Waals surface area contributed by atoms with E-state index in [9.17, 15) is 14.9 Å². The van der Waals surface area contributed by atoms with E-state index in [0.717, 1.165) is 18.8 Å². The molecule has 1 fully saturated rings. The zero-order valence-corrected chi connectivity index (χ0v) is 14.4. The van der Waals surface area contributed by atoms with E-state index in [1.165, 1.54) is 17.5 Å². The number of aromatic nitrogens is 2. The molecular formula is C17H21N5O3. The predicted molar refractivity (Wildman–Crippen MR) is 94.9 cm³/mol. The fourth-order valence-corrected chi connectivity index (χ4v) is 3.17. The van der Waals surface area contributed by atoms with Gasteiger partial charge in [0.2, 0.25) is 5.91 Å². The average Bonchev–Trinajstić information content (AvgIpc) is 3.17. The monoisotopic (exact) mass is 343 g/mol. The van der Waals surface area contributed by atoms with Gasteiger partial charge in [-0.25, -0.2) is 0 Å². The number of aryl methyl sites for hydroxylation is 1. The second kappa shape index (κ2) is 6.92. The highest BCUT2D eigenvalue weighted by atomic mass is 16.6. The van der Waals surface area contributed by atoms with Crippen LogP contribution in [0.15, 0.2) is 24.3 Å². The summed E-state index contributed by atoms with van der Waals surface area (Å²) in [7, 11) is 0. The van der Waals surface area contributed by atoms with Crippen molar-refractivity contribution in [2.24, 2.45) is 0 Å². The van der Waals surface area contributed by atoms with Crippen LogP contribution in [0.5, 0.6) is 0 Å². The number of benzene rings is 1. The summed E-state index contributed by atoms with van der Waals surface area (Å²) >= 11 is 0. The lowest BCUT2D eigenvalue weighted by Gasteiger charge is -2.17. The van der Waals surface area contributed by atoms with E-state index < -0.39 is 4.92 Å². The normalized spacial score (nSPS) is 13.9.